The Labute approximate surface area is 80.8 Å². The number of hydrogen-bond donors (Lipinski definition) is 2. The summed E-state index contributed by atoms with van der Waals surface area (Å²) in [6, 6.07) is 7.02. The molecule has 2 aromatic rings. The summed E-state index contributed by atoms with van der Waals surface area (Å²) in [5.41, 5.74) is 14.1. The molecule has 70 valence electrons. The molecule has 0 saturated carbocycles. The highest BCUT2D eigenvalue weighted by molar-refractivity contribution is 5.76. The number of rotatable bonds is 1. The number of benzene rings is 1. The quantitative estimate of drug-likeness (QED) is 0.641. The molecule has 4 N–H and O–H groups in total. The van der Waals surface area contributed by atoms with E-state index in [1.807, 2.05) is 6.07 Å². The van der Waals surface area contributed by atoms with Crippen molar-refractivity contribution in [3.8, 4) is 11.3 Å². The summed E-state index contributed by atoms with van der Waals surface area (Å²) in [6.07, 6.45) is 1.57. The van der Waals surface area contributed by atoms with Crippen molar-refractivity contribution in [2.24, 2.45) is 0 Å². The van der Waals surface area contributed by atoms with Gasteiger partial charge in [-0.3, -0.25) is 0 Å². The molecule has 0 aliphatic rings. The average molecular weight is 187 g/mol. The molecule has 0 atom stereocenters. The highest BCUT2D eigenvalue weighted by atomic mass is 15.3. The molecule has 0 amide bonds. The molecule has 1 aromatic carbocycles. The van der Waals surface area contributed by atoms with Crippen LogP contribution in [-0.4, -0.2) is 15.4 Å². The fourth-order valence-electron chi connectivity index (χ4n) is 1.20. The molecule has 0 fully saturated rings. The molecule has 14 heavy (non-hydrogen) atoms. The minimum atomic E-state index is 0.588. The van der Waals surface area contributed by atoms with E-state index in [9.17, 15) is 0 Å². The van der Waals surface area contributed by atoms with Crippen molar-refractivity contribution in [3.05, 3.63) is 30.5 Å². The zero-order valence-electron chi connectivity index (χ0n) is 7.38. The van der Waals surface area contributed by atoms with Crippen molar-refractivity contribution in [1.82, 2.24) is 15.4 Å². The van der Waals surface area contributed by atoms with Gasteiger partial charge < -0.3 is 11.5 Å². The predicted molar refractivity (Wildman–Crippen MR) is 54.1 cm³/mol. The van der Waals surface area contributed by atoms with E-state index in [-0.39, 0.29) is 0 Å². The second kappa shape index (κ2) is 3.29. The van der Waals surface area contributed by atoms with Gasteiger partial charge in [0.1, 0.15) is 0 Å². The van der Waals surface area contributed by atoms with Crippen molar-refractivity contribution in [2.45, 2.75) is 0 Å². The fourth-order valence-corrected chi connectivity index (χ4v) is 1.20. The fraction of sp³-hybridized carbons (Fsp3) is 0. The monoisotopic (exact) mass is 187 g/mol. The minimum Gasteiger partial charge on any atom is -0.399 e. The molecule has 0 radical (unpaired) electrons. The molecule has 0 aliphatic carbocycles. The van der Waals surface area contributed by atoms with Gasteiger partial charge in [0, 0.05) is 16.9 Å². The Balaban J connectivity index is 2.53. The van der Waals surface area contributed by atoms with Gasteiger partial charge in [0.15, 0.2) is 0 Å². The zero-order valence-corrected chi connectivity index (χ0v) is 7.38. The van der Waals surface area contributed by atoms with Gasteiger partial charge in [0.05, 0.1) is 11.9 Å². The first-order valence-electron chi connectivity index (χ1n) is 4.07. The minimum absolute atomic E-state index is 0.588. The molecular weight excluding hydrogens is 178 g/mol. The van der Waals surface area contributed by atoms with Gasteiger partial charge in [-0.15, -0.1) is 10.2 Å². The lowest BCUT2D eigenvalue weighted by atomic mass is 10.1. The second-order valence-corrected chi connectivity index (χ2v) is 2.85. The topological polar surface area (TPSA) is 90.7 Å². The van der Waals surface area contributed by atoms with Crippen molar-refractivity contribution in [2.75, 3.05) is 11.5 Å². The summed E-state index contributed by atoms with van der Waals surface area (Å²) in [6.45, 7) is 0. The van der Waals surface area contributed by atoms with E-state index in [0.29, 0.717) is 17.1 Å². The van der Waals surface area contributed by atoms with Gasteiger partial charge in [-0.2, -0.15) is 0 Å². The van der Waals surface area contributed by atoms with Crippen molar-refractivity contribution < 1.29 is 0 Å². The van der Waals surface area contributed by atoms with Crippen LogP contribution >= 0.6 is 0 Å². The number of nitrogens with zero attached hydrogens (tertiary/aromatic N) is 3. The lowest BCUT2D eigenvalue weighted by molar-refractivity contribution is 0.871. The zero-order chi connectivity index (χ0) is 9.97. The first-order chi connectivity index (χ1) is 6.77. The van der Waals surface area contributed by atoms with Crippen molar-refractivity contribution in [1.29, 1.82) is 0 Å². The van der Waals surface area contributed by atoms with E-state index in [1.54, 1.807) is 24.4 Å². The van der Waals surface area contributed by atoms with Crippen molar-refractivity contribution >= 4 is 11.4 Å². The number of aromatic nitrogens is 3. The molecule has 0 spiro atoms. The van der Waals surface area contributed by atoms with E-state index < -0.39 is 0 Å². The smallest absolute Gasteiger partial charge is 0.0984 e. The van der Waals surface area contributed by atoms with Crippen LogP contribution in [0.4, 0.5) is 11.4 Å². The predicted octanol–water partition coefficient (Wildman–Crippen LogP) is 0.703. The van der Waals surface area contributed by atoms with Crippen LogP contribution in [0.25, 0.3) is 11.3 Å². The first kappa shape index (κ1) is 8.43. The van der Waals surface area contributed by atoms with Crippen LogP contribution < -0.4 is 11.5 Å². The average Bonchev–Trinajstić information content (AvgIpc) is 2.19. The summed E-state index contributed by atoms with van der Waals surface area (Å²) in [5, 5.41) is 11.0. The number of anilines is 2. The van der Waals surface area contributed by atoms with E-state index in [0.717, 1.165) is 5.56 Å². The summed E-state index contributed by atoms with van der Waals surface area (Å²) in [5.74, 6) is 0. The molecule has 2 rings (SSSR count). The highest BCUT2D eigenvalue weighted by Gasteiger charge is 2.03. The molecule has 5 nitrogen and oxygen atoms in total. The van der Waals surface area contributed by atoms with E-state index in [4.69, 9.17) is 11.5 Å². The lowest BCUT2D eigenvalue weighted by Crippen LogP contribution is -1.96. The van der Waals surface area contributed by atoms with Gasteiger partial charge in [-0.1, -0.05) is 0 Å². The molecule has 1 heterocycles. The second-order valence-electron chi connectivity index (χ2n) is 2.85. The Morgan fingerprint density at radius 3 is 2.57 bits per heavy atom. The number of nitrogen functional groups attached to an aromatic ring is 2. The van der Waals surface area contributed by atoms with Gasteiger partial charge in [0.25, 0.3) is 0 Å². The van der Waals surface area contributed by atoms with Gasteiger partial charge in [0.2, 0.25) is 0 Å². The lowest BCUT2D eigenvalue weighted by Gasteiger charge is -2.03. The van der Waals surface area contributed by atoms with Gasteiger partial charge >= 0.3 is 0 Å². The summed E-state index contributed by atoms with van der Waals surface area (Å²) >= 11 is 0. The molecule has 0 aliphatic heterocycles. The van der Waals surface area contributed by atoms with E-state index in [1.165, 1.54) is 0 Å². The summed E-state index contributed by atoms with van der Waals surface area (Å²) < 4.78 is 0. The van der Waals surface area contributed by atoms with Crippen LogP contribution in [0.3, 0.4) is 0 Å². The first-order valence-corrected chi connectivity index (χ1v) is 4.07. The molecule has 1 aromatic heterocycles. The van der Waals surface area contributed by atoms with Gasteiger partial charge in [-0.05, 0) is 29.5 Å². The van der Waals surface area contributed by atoms with E-state index >= 15 is 0 Å². The third-order valence-corrected chi connectivity index (χ3v) is 1.85. The molecular formula is C9H9N5. The van der Waals surface area contributed by atoms with Crippen LogP contribution in [0.1, 0.15) is 0 Å². The third kappa shape index (κ3) is 1.47. The Kier molecular flexibility index (Phi) is 1.98. The summed E-state index contributed by atoms with van der Waals surface area (Å²) in [4.78, 5) is 0. The maximum absolute atomic E-state index is 5.79. The SMILES string of the molecule is Nc1ccc(-c2ccnnn2)c(N)c1. The Morgan fingerprint density at radius 2 is 1.93 bits per heavy atom. The van der Waals surface area contributed by atoms with Crippen LogP contribution in [0.5, 0.6) is 0 Å². The molecule has 5 heteroatoms. The highest BCUT2D eigenvalue weighted by Crippen LogP contribution is 2.24. The Hall–Kier alpha value is -2.17. The maximum Gasteiger partial charge on any atom is 0.0984 e. The summed E-state index contributed by atoms with van der Waals surface area (Å²) in [7, 11) is 0. The van der Waals surface area contributed by atoms with Gasteiger partial charge in [-0.25, -0.2) is 0 Å². The number of nitrogens with two attached hydrogens (primary N) is 2. The normalized spacial score (nSPS) is 10.0. The van der Waals surface area contributed by atoms with Crippen molar-refractivity contribution in [3.63, 3.8) is 0 Å². The largest absolute Gasteiger partial charge is 0.399 e. The number of hydrogen-bond acceptors (Lipinski definition) is 5. The molecule has 0 unspecified atom stereocenters. The van der Waals surface area contributed by atoms with E-state index in [2.05, 4.69) is 15.4 Å². The molecule has 0 bridgehead atoms. The Morgan fingerprint density at radius 1 is 1.07 bits per heavy atom. The van der Waals surface area contributed by atoms with Crippen LogP contribution in [0.15, 0.2) is 30.5 Å². The standard InChI is InChI=1S/C9H9N5/c10-6-1-2-7(8(11)5-6)9-3-4-12-14-13-9/h1-5H,10-11H2. The van der Waals surface area contributed by atoms with Crippen LogP contribution in [-0.2, 0) is 0 Å². The molecule has 0 saturated heterocycles. The van der Waals surface area contributed by atoms with Crippen LogP contribution in [0, 0.1) is 0 Å². The Bertz CT molecular complexity index is 440. The maximum atomic E-state index is 5.79. The van der Waals surface area contributed by atoms with Crippen LogP contribution in [0.2, 0.25) is 0 Å². The third-order valence-electron chi connectivity index (χ3n) is 1.85.